The fraction of sp³-hybridized carbons (Fsp3) is 0.111. The average Bonchev–Trinajstić information content (AvgIpc) is 2.86. The first kappa shape index (κ1) is 22.5. The van der Waals surface area contributed by atoms with Crippen LogP contribution in [-0.2, 0) is 11.3 Å². The van der Waals surface area contributed by atoms with E-state index in [2.05, 4.69) is 10.3 Å². The summed E-state index contributed by atoms with van der Waals surface area (Å²) < 4.78 is 6.67. The van der Waals surface area contributed by atoms with Crippen molar-refractivity contribution < 1.29 is 9.53 Å². The Balaban J connectivity index is 1.74. The van der Waals surface area contributed by atoms with Crippen LogP contribution in [0, 0.1) is 18.3 Å². The molecule has 0 saturated heterocycles. The predicted octanol–water partition coefficient (Wildman–Crippen LogP) is 3.93. The van der Waals surface area contributed by atoms with E-state index >= 15 is 0 Å². The van der Waals surface area contributed by atoms with E-state index in [0.717, 1.165) is 11.1 Å². The van der Waals surface area contributed by atoms with Crippen LogP contribution in [-0.4, -0.2) is 22.6 Å². The number of nitrogens with one attached hydrogen (secondary N) is 1. The summed E-state index contributed by atoms with van der Waals surface area (Å²) in [7, 11) is 1.57. The Labute approximate surface area is 196 Å². The van der Waals surface area contributed by atoms with Gasteiger partial charge in [0.25, 0.3) is 11.5 Å². The lowest BCUT2D eigenvalue weighted by Gasteiger charge is -2.12. The number of aryl methyl sites for hydroxylation is 1. The van der Waals surface area contributed by atoms with Gasteiger partial charge in [0, 0.05) is 23.7 Å². The molecule has 0 aliphatic rings. The van der Waals surface area contributed by atoms with Gasteiger partial charge in [0.1, 0.15) is 23.0 Å². The van der Waals surface area contributed by atoms with Gasteiger partial charge in [-0.05, 0) is 61.0 Å². The van der Waals surface area contributed by atoms with Gasteiger partial charge in [-0.3, -0.25) is 14.2 Å². The number of ether oxygens (including phenoxy) is 1. The number of methoxy groups -OCH3 is 1. The number of nitriles is 1. The Morgan fingerprint density at radius 2 is 1.94 bits per heavy atom. The minimum Gasteiger partial charge on any atom is -0.497 e. The highest BCUT2D eigenvalue weighted by Crippen LogP contribution is 2.19. The second-order valence-electron chi connectivity index (χ2n) is 7.70. The van der Waals surface area contributed by atoms with Crippen LogP contribution in [0.15, 0.2) is 83.3 Å². The Morgan fingerprint density at radius 1 is 1.15 bits per heavy atom. The van der Waals surface area contributed by atoms with Crippen LogP contribution in [0.1, 0.15) is 16.7 Å². The van der Waals surface area contributed by atoms with E-state index in [9.17, 15) is 14.9 Å². The van der Waals surface area contributed by atoms with E-state index in [1.807, 2.05) is 43.3 Å². The SMILES string of the molecule is COc1ccc(-n2c(=O)c(/C=C(\C#N)C(=O)NCc3cccc(C)c3)cc3cccnc32)cc1. The smallest absolute Gasteiger partial charge is 0.264 e. The summed E-state index contributed by atoms with van der Waals surface area (Å²) >= 11 is 0. The molecular weight excluding hydrogens is 428 g/mol. The fourth-order valence-corrected chi connectivity index (χ4v) is 3.64. The maximum Gasteiger partial charge on any atom is 0.264 e. The summed E-state index contributed by atoms with van der Waals surface area (Å²) in [5.41, 5.74) is 2.71. The molecule has 2 heterocycles. The summed E-state index contributed by atoms with van der Waals surface area (Å²) in [5, 5.41) is 13.1. The Hall–Kier alpha value is -4.70. The van der Waals surface area contributed by atoms with Crippen molar-refractivity contribution in [1.82, 2.24) is 14.9 Å². The highest BCUT2D eigenvalue weighted by Gasteiger charge is 2.14. The van der Waals surface area contributed by atoms with Crippen LogP contribution >= 0.6 is 0 Å². The van der Waals surface area contributed by atoms with Gasteiger partial charge < -0.3 is 10.1 Å². The second kappa shape index (κ2) is 9.84. The lowest BCUT2D eigenvalue weighted by Crippen LogP contribution is -2.25. The largest absolute Gasteiger partial charge is 0.497 e. The van der Waals surface area contributed by atoms with Crippen molar-refractivity contribution >= 4 is 23.0 Å². The van der Waals surface area contributed by atoms with Gasteiger partial charge >= 0.3 is 0 Å². The van der Waals surface area contributed by atoms with Crippen molar-refractivity contribution in [3.8, 4) is 17.5 Å². The van der Waals surface area contributed by atoms with Gasteiger partial charge in [0.05, 0.1) is 12.8 Å². The zero-order valence-corrected chi connectivity index (χ0v) is 18.8. The summed E-state index contributed by atoms with van der Waals surface area (Å²) in [6, 6.07) is 21.9. The number of amides is 1. The van der Waals surface area contributed by atoms with Crippen LogP contribution in [0.2, 0.25) is 0 Å². The first-order valence-electron chi connectivity index (χ1n) is 10.6. The van der Waals surface area contributed by atoms with E-state index in [-0.39, 0.29) is 17.7 Å². The van der Waals surface area contributed by atoms with E-state index in [0.29, 0.717) is 22.5 Å². The third kappa shape index (κ3) is 4.71. The van der Waals surface area contributed by atoms with Gasteiger partial charge in [0.2, 0.25) is 0 Å². The molecule has 1 N–H and O–H groups in total. The summed E-state index contributed by atoms with van der Waals surface area (Å²) in [5.74, 6) is 0.104. The summed E-state index contributed by atoms with van der Waals surface area (Å²) in [4.78, 5) is 30.5. The first-order chi connectivity index (χ1) is 16.5. The lowest BCUT2D eigenvalue weighted by molar-refractivity contribution is -0.117. The summed E-state index contributed by atoms with van der Waals surface area (Å²) in [6.07, 6.45) is 2.93. The zero-order chi connectivity index (χ0) is 24.1. The molecule has 0 bridgehead atoms. The molecule has 1 amide bonds. The normalized spacial score (nSPS) is 11.1. The van der Waals surface area contributed by atoms with Crippen molar-refractivity contribution in [2.75, 3.05) is 7.11 Å². The lowest BCUT2D eigenvalue weighted by atomic mass is 10.1. The van der Waals surface area contributed by atoms with E-state index in [1.54, 1.807) is 49.7 Å². The number of carbonyl (C=O) groups excluding carboxylic acids is 1. The van der Waals surface area contributed by atoms with Crippen LogP contribution in [0.4, 0.5) is 0 Å². The Morgan fingerprint density at radius 3 is 2.65 bits per heavy atom. The molecule has 0 saturated carbocycles. The van der Waals surface area contributed by atoms with Crippen molar-refractivity contribution in [2.24, 2.45) is 0 Å². The topological polar surface area (TPSA) is 97.0 Å². The van der Waals surface area contributed by atoms with Crippen LogP contribution in [0.3, 0.4) is 0 Å². The monoisotopic (exact) mass is 450 g/mol. The van der Waals surface area contributed by atoms with Crippen LogP contribution < -0.4 is 15.6 Å². The molecular formula is C27H22N4O3. The molecule has 0 aliphatic carbocycles. The van der Waals surface area contributed by atoms with Crippen molar-refractivity contribution in [1.29, 1.82) is 5.26 Å². The standard InChI is InChI=1S/C27H22N4O3/c1-18-5-3-6-19(13-18)17-30-26(32)22(16-28)15-21-14-20-7-4-12-29-25(20)31(27(21)33)23-8-10-24(34-2)11-9-23/h3-15H,17H2,1-2H3,(H,30,32)/b22-15+. The van der Waals surface area contributed by atoms with Crippen molar-refractivity contribution in [3.05, 3.63) is 106 Å². The number of carbonyl (C=O) groups is 1. The van der Waals surface area contributed by atoms with E-state index in [4.69, 9.17) is 4.74 Å². The van der Waals surface area contributed by atoms with Gasteiger partial charge in [0.15, 0.2) is 0 Å². The molecule has 0 atom stereocenters. The summed E-state index contributed by atoms with van der Waals surface area (Å²) in [6.45, 7) is 2.24. The zero-order valence-electron chi connectivity index (χ0n) is 18.8. The maximum atomic E-state index is 13.4. The molecule has 4 aromatic rings. The number of hydrogen-bond acceptors (Lipinski definition) is 5. The van der Waals surface area contributed by atoms with Crippen LogP contribution in [0.5, 0.6) is 5.75 Å². The van der Waals surface area contributed by atoms with Crippen molar-refractivity contribution in [3.63, 3.8) is 0 Å². The number of hydrogen-bond donors (Lipinski definition) is 1. The van der Waals surface area contributed by atoms with Gasteiger partial charge in [-0.25, -0.2) is 4.98 Å². The molecule has 7 heteroatoms. The molecule has 0 radical (unpaired) electrons. The Kier molecular flexibility index (Phi) is 6.51. The maximum absolute atomic E-state index is 13.4. The number of nitrogens with zero attached hydrogens (tertiary/aromatic N) is 3. The molecule has 0 spiro atoms. The second-order valence-corrected chi connectivity index (χ2v) is 7.70. The minimum atomic E-state index is -0.550. The molecule has 0 fully saturated rings. The van der Waals surface area contributed by atoms with Gasteiger partial charge in [-0.1, -0.05) is 29.8 Å². The fourth-order valence-electron chi connectivity index (χ4n) is 3.64. The third-order valence-corrected chi connectivity index (χ3v) is 5.32. The van der Waals surface area contributed by atoms with E-state index in [1.165, 1.54) is 10.6 Å². The quantitative estimate of drug-likeness (QED) is 0.355. The number of fused-ring (bicyclic) bond motifs is 1. The van der Waals surface area contributed by atoms with Crippen LogP contribution in [0.25, 0.3) is 22.8 Å². The highest BCUT2D eigenvalue weighted by atomic mass is 16.5. The molecule has 7 nitrogen and oxygen atoms in total. The molecule has 34 heavy (non-hydrogen) atoms. The first-order valence-corrected chi connectivity index (χ1v) is 10.6. The predicted molar refractivity (Wildman–Crippen MR) is 131 cm³/mol. The molecule has 0 aliphatic heterocycles. The number of aromatic nitrogens is 2. The molecule has 2 aromatic carbocycles. The molecule has 168 valence electrons. The Bertz CT molecular complexity index is 1500. The van der Waals surface area contributed by atoms with Gasteiger partial charge in [-0.15, -0.1) is 0 Å². The number of benzene rings is 2. The minimum absolute atomic E-state index is 0.158. The molecule has 0 unspecified atom stereocenters. The number of rotatable bonds is 6. The van der Waals surface area contributed by atoms with Gasteiger partial charge in [-0.2, -0.15) is 5.26 Å². The average molecular weight is 450 g/mol. The molecule has 2 aromatic heterocycles. The third-order valence-electron chi connectivity index (χ3n) is 5.32. The highest BCUT2D eigenvalue weighted by molar-refractivity contribution is 6.02. The van der Waals surface area contributed by atoms with Crippen molar-refractivity contribution in [2.45, 2.75) is 13.5 Å². The number of pyridine rings is 2. The molecule has 4 rings (SSSR count). The van der Waals surface area contributed by atoms with E-state index < -0.39 is 11.5 Å².